The predicted octanol–water partition coefficient (Wildman–Crippen LogP) is 3.30. The van der Waals surface area contributed by atoms with E-state index in [9.17, 15) is 18.8 Å². The van der Waals surface area contributed by atoms with Gasteiger partial charge in [-0.25, -0.2) is 9.29 Å². The molecule has 0 saturated carbocycles. The van der Waals surface area contributed by atoms with Crippen molar-refractivity contribution in [2.45, 2.75) is 12.1 Å². The SMILES string of the molecule is O=C1[C@@H]2[C@H](C(=O)N1c1ccccc1F)[C@H](C(=O)n1nnc3ccccc31)N1c3ccccc3C=C[C@H]21. The lowest BCUT2D eigenvalue weighted by atomic mass is 9.88. The second kappa shape index (κ2) is 7.42. The maximum absolute atomic E-state index is 14.7. The summed E-state index contributed by atoms with van der Waals surface area (Å²) in [6.45, 7) is 0. The average molecular weight is 479 g/mol. The summed E-state index contributed by atoms with van der Waals surface area (Å²) in [5, 5.41) is 8.19. The largest absolute Gasteiger partial charge is 0.351 e. The number of carbonyl (C=O) groups is 3. The first kappa shape index (κ1) is 20.7. The van der Waals surface area contributed by atoms with E-state index in [1.165, 1.54) is 22.9 Å². The highest BCUT2D eigenvalue weighted by molar-refractivity contribution is 6.25. The van der Waals surface area contributed by atoms with Gasteiger partial charge in [0.1, 0.15) is 17.4 Å². The molecule has 7 rings (SSSR count). The van der Waals surface area contributed by atoms with Gasteiger partial charge < -0.3 is 4.90 Å². The molecule has 9 heteroatoms. The highest BCUT2D eigenvalue weighted by Gasteiger charge is 2.65. The van der Waals surface area contributed by atoms with Crippen LogP contribution in [-0.4, -0.2) is 44.8 Å². The summed E-state index contributed by atoms with van der Waals surface area (Å²) in [5.41, 5.74) is 2.57. The third kappa shape index (κ3) is 2.65. The van der Waals surface area contributed by atoms with E-state index in [-0.39, 0.29) is 5.69 Å². The molecule has 4 aromatic rings. The minimum Gasteiger partial charge on any atom is -0.351 e. The van der Waals surface area contributed by atoms with Crippen LogP contribution in [0.5, 0.6) is 0 Å². The summed E-state index contributed by atoms with van der Waals surface area (Å²) in [6, 6.07) is 18.7. The van der Waals surface area contributed by atoms with Crippen molar-refractivity contribution in [3.05, 3.63) is 90.3 Å². The molecule has 2 amide bonds. The summed E-state index contributed by atoms with van der Waals surface area (Å²) in [5.74, 6) is -4.14. The number of fused-ring (bicyclic) bond motifs is 6. The van der Waals surface area contributed by atoms with Crippen molar-refractivity contribution in [3.8, 4) is 0 Å². The molecule has 0 radical (unpaired) electrons. The van der Waals surface area contributed by atoms with Crippen LogP contribution < -0.4 is 9.80 Å². The van der Waals surface area contributed by atoms with Crippen LogP contribution in [0.1, 0.15) is 10.4 Å². The molecule has 2 fully saturated rings. The van der Waals surface area contributed by atoms with E-state index < -0.39 is 47.5 Å². The number of hydrogen-bond acceptors (Lipinski definition) is 6. The first-order chi connectivity index (χ1) is 17.6. The van der Waals surface area contributed by atoms with Gasteiger partial charge in [0.2, 0.25) is 11.8 Å². The number of imide groups is 1. The quantitative estimate of drug-likeness (QED) is 0.410. The number of nitrogens with zero attached hydrogens (tertiary/aromatic N) is 5. The number of amides is 2. The van der Waals surface area contributed by atoms with Crippen molar-refractivity contribution in [3.63, 3.8) is 0 Å². The fourth-order valence-electron chi connectivity index (χ4n) is 5.82. The predicted molar refractivity (Wildman–Crippen MR) is 130 cm³/mol. The summed E-state index contributed by atoms with van der Waals surface area (Å²) >= 11 is 0. The lowest BCUT2D eigenvalue weighted by Crippen LogP contribution is -2.50. The van der Waals surface area contributed by atoms with Crippen LogP contribution in [0.3, 0.4) is 0 Å². The monoisotopic (exact) mass is 479 g/mol. The average Bonchev–Trinajstić information content (AvgIpc) is 3.55. The minimum atomic E-state index is -1.04. The van der Waals surface area contributed by atoms with Crippen molar-refractivity contribution in [1.82, 2.24) is 15.0 Å². The molecule has 0 aliphatic carbocycles. The Kier molecular flexibility index (Phi) is 4.26. The Bertz CT molecular complexity index is 1630. The van der Waals surface area contributed by atoms with Crippen LogP contribution in [0.15, 0.2) is 78.9 Å². The molecule has 3 aromatic carbocycles. The number of benzene rings is 3. The maximum atomic E-state index is 14.7. The van der Waals surface area contributed by atoms with E-state index in [0.29, 0.717) is 11.0 Å². The number of anilines is 2. The van der Waals surface area contributed by atoms with Crippen molar-refractivity contribution >= 4 is 46.2 Å². The molecule has 3 aliphatic rings. The van der Waals surface area contributed by atoms with Crippen molar-refractivity contribution in [1.29, 1.82) is 0 Å². The fourth-order valence-corrected chi connectivity index (χ4v) is 5.82. The molecule has 0 unspecified atom stereocenters. The molecule has 0 spiro atoms. The van der Waals surface area contributed by atoms with Crippen LogP contribution >= 0.6 is 0 Å². The van der Waals surface area contributed by atoms with Crippen LogP contribution in [0, 0.1) is 17.7 Å². The van der Waals surface area contributed by atoms with Gasteiger partial charge in [-0.2, -0.15) is 4.68 Å². The Balaban J connectivity index is 1.41. The maximum Gasteiger partial charge on any atom is 0.272 e. The summed E-state index contributed by atoms with van der Waals surface area (Å²) < 4.78 is 15.9. The zero-order valence-electron chi connectivity index (χ0n) is 18.7. The molecule has 176 valence electrons. The molecule has 0 bridgehead atoms. The van der Waals surface area contributed by atoms with Gasteiger partial charge in [-0.1, -0.05) is 59.8 Å². The van der Waals surface area contributed by atoms with E-state index >= 15 is 0 Å². The van der Waals surface area contributed by atoms with Gasteiger partial charge in [0, 0.05) is 5.69 Å². The van der Waals surface area contributed by atoms with Gasteiger partial charge in [0.25, 0.3) is 5.91 Å². The molecule has 2 saturated heterocycles. The lowest BCUT2D eigenvalue weighted by Gasteiger charge is -2.36. The topological polar surface area (TPSA) is 88.4 Å². The third-order valence-corrected chi connectivity index (χ3v) is 7.32. The molecule has 0 N–H and O–H groups in total. The van der Waals surface area contributed by atoms with E-state index in [2.05, 4.69) is 10.3 Å². The molecule has 3 aliphatic heterocycles. The molecule has 1 aromatic heterocycles. The molecule has 4 heterocycles. The summed E-state index contributed by atoms with van der Waals surface area (Å²) in [4.78, 5) is 44.4. The molecular weight excluding hydrogens is 461 g/mol. The zero-order chi connectivity index (χ0) is 24.6. The highest BCUT2D eigenvalue weighted by Crippen LogP contribution is 2.49. The Morgan fingerprint density at radius 1 is 0.833 bits per heavy atom. The number of aromatic nitrogens is 3. The van der Waals surface area contributed by atoms with Crippen LogP contribution in [0.2, 0.25) is 0 Å². The number of rotatable bonds is 2. The lowest BCUT2D eigenvalue weighted by molar-refractivity contribution is -0.123. The number of carbonyl (C=O) groups excluding carboxylic acids is 3. The minimum absolute atomic E-state index is 0.106. The summed E-state index contributed by atoms with van der Waals surface area (Å²) in [7, 11) is 0. The summed E-state index contributed by atoms with van der Waals surface area (Å²) in [6.07, 6.45) is 3.75. The molecule has 4 atom stereocenters. The van der Waals surface area contributed by atoms with Crippen molar-refractivity contribution in [2.75, 3.05) is 9.80 Å². The van der Waals surface area contributed by atoms with Gasteiger partial charge >= 0.3 is 0 Å². The standard InChI is InChI=1S/C27H18FN5O3/c28-16-8-2-5-11-19(16)32-25(34)22-21-14-13-15-7-1-4-10-18(15)31(21)24(23(22)26(32)35)27(36)33-20-12-6-3-9-17(20)29-30-33/h1-14,21-24H/t21-,22+,23+,24-/m1/s1. The second-order valence-electron chi connectivity index (χ2n) is 9.10. The van der Waals surface area contributed by atoms with E-state index in [1.807, 2.05) is 41.3 Å². The normalized spacial score (nSPS) is 24.2. The zero-order valence-corrected chi connectivity index (χ0v) is 18.7. The highest BCUT2D eigenvalue weighted by atomic mass is 19.1. The van der Waals surface area contributed by atoms with Crippen LogP contribution in [0.25, 0.3) is 17.1 Å². The Hall–Kier alpha value is -4.66. The smallest absolute Gasteiger partial charge is 0.272 e. The van der Waals surface area contributed by atoms with E-state index in [0.717, 1.165) is 16.2 Å². The fraction of sp³-hybridized carbons (Fsp3) is 0.148. The second-order valence-corrected chi connectivity index (χ2v) is 9.10. The third-order valence-electron chi connectivity index (χ3n) is 7.32. The number of halogens is 1. The number of hydrogen-bond donors (Lipinski definition) is 0. The van der Waals surface area contributed by atoms with Crippen LogP contribution in [0.4, 0.5) is 15.8 Å². The van der Waals surface area contributed by atoms with Crippen LogP contribution in [-0.2, 0) is 9.59 Å². The van der Waals surface area contributed by atoms with Crippen molar-refractivity contribution in [2.24, 2.45) is 11.8 Å². The van der Waals surface area contributed by atoms with E-state index in [4.69, 9.17) is 0 Å². The van der Waals surface area contributed by atoms with Gasteiger partial charge in [-0.3, -0.25) is 14.4 Å². The first-order valence-corrected chi connectivity index (χ1v) is 11.6. The van der Waals surface area contributed by atoms with Gasteiger partial charge in [0.05, 0.1) is 29.1 Å². The molecule has 8 nitrogen and oxygen atoms in total. The van der Waals surface area contributed by atoms with Gasteiger partial charge in [0.15, 0.2) is 0 Å². The van der Waals surface area contributed by atoms with E-state index in [1.54, 1.807) is 30.3 Å². The van der Waals surface area contributed by atoms with Gasteiger partial charge in [-0.05, 0) is 35.9 Å². The first-order valence-electron chi connectivity index (χ1n) is 11.6. The Morgan fingerprint density at radius 2 is 1.53 bits per heavy atom. The number of para-hydroxylation sites is 3. The Morgan fingerprint density at radius 3 is 2.36 bits per heavy atom. The molecule has 36 heavy (non-hydrogen) atoms. The Labute approximate surface area is 204 Å². The molecular formula is C27H18FN5O3. The van der Waals surface area contributed by atoms with Crippen molar-refractivity contribution < 1.29 is 18.8 Å². The van der Waals surface area contributed by atoms with Gasteiger partial charge in [-0.15, -0.1) is 5.10 Å².